The molecule has 5 rings (SSSR count). The smallest absolute Gasteiger partial charge is 0.279 e. The van der Waals surface area contributed by atoms with Crippen molar-refractivity contribution >= 4 is 28.4 Å². The van der Waals surface area contributed by atoms with Gasteiger partial charge in [0.1, 0.15) is 24.2 Å². The molecule has 2 N–H and O–H groups in total. The summed E-state index contributed by atoms with van der Waals surface area (Å²) in [5.74, 6) is 3.75. The fourth-order valence-electron chi connectivity index (χ4n) is 5.67. The van der Waals surface area contributed by atoms with Gasteiger partial charge in [0.15, 0.2) is 11.5 Å². The molecule has 1 atom stereocenters. The molecular formula is C32H39FN8O2. The number of nitrogens with one attached hydrogen (secondary N) is 1. The summed E-state index contributed by atoms with van der Waals surface area (Å²) in [5, 5.41) is 14.1. The fourth-order valence-corrected chi connectivity index (χ4v) is 5.67. The van der Waals surface area contributed by atoms with Crippen LogP contribution in [0.3, 0.4) is 0 Å². The van der Waals surface area contributed by atoms with E-state index in [1.165, 1.54) is 10.9 Å². The van der Waals surface area contributed by atoms with Gasteiger partial charge in [-0.15, -0.1) is 6.42 Å². The van der Waals surface area contributed by atoms with E-state index in [4.69, 9.17) is 6.42 Å². The van der Waals surface area contributed by atoms with E-state index in [0.717, 1.165) is 50.4 Å². The summed E-state index contributed by atoms with van der Waals surface area (Å²) in [4.78, 5) is 31.5. The fraction of sp³-hybridized carbons (Fsp3) is 0.438. The Morgan fingerprint density at radius 3 is 2.70 bits per heavy atom. The molecule has 0 radical (unpaired) electrons. The van der Waals surface area contributed by atoms with Gasteiger partial charge in [0.2, 0.25) is 5.95 Å². The summed E-state index contributed by atoms with van der Waals surface area (Å²) in [5.41, 5.74) is 1.20. The van der Waals surface area contributed by atoms with Crippen molar-refractivity contribution in [1.29, 1.82) is 0 Å². The highest BCUT2D eigenvalue weighted by atomic mass is 19.1. The van der Waals surface area contributed by atoms with Crippen LogP contribution in [0.25, 0.3) is 16.9 Å². The molecule has 1 aromatic carbocycles. The minimum absolute atomic E-state index is 0.0104. The Hall–Kier alpha value is -4.27. The number of alkyl halides is 1. The highest BCUT2D eigenvalue weighted by molar-refractivity contribution is 5.77. The summed E-state index contributed by atoms with van der Waals surface area (Å²) in [6.07, 6.45) is 9.34. The van der Waals surface area contributed by atoms with E-state index in [9.17, 15) is 14.3 Å². The van der Waals surface area contributed by atoms with E-state index < -0.39 is 5.60 Å². The number of hydrogen-bond donors (Lipinski definition) is 2. The average Bonchev–Trinajstić information content (AvgIpc) is 3.27. The summed E-state index contributed by atoms with van der Waals surface area (Å²) in [6, 6.07) is 13.3. The van der Waals surface area contributed by atoms with Crippen LogP contribution in [0.2, 0.25) is 0 Å². The maximum atomic E-state index is 13.2. The van der Waals surface area contributed by atoms with Gasteiger partial charge in [0, 0.05) is 43.8 Å². The highest BCUT2D eigenvalue weighted by Gasteiger charge is 2.23. The molecule has 10 nitrogen and oxygen atoms in total. The molecule has 3 aromatic heterocycles. The van der Waals surface area contributed by atoms with Gasteiger partial charge in [-0.3, -0.25) is 4.79 Å². The molecule has 43 heavy (non-hydrogen) atoms. The second-order valence-electron chi connectivity index (χ2n) is 11.5. The number of rotatable bonds is 11. The van der Waals surface area contributed by atoms with Crippen LogP contribution in [0.15, 0.2) is 53.5 Å². The molecule has 0 amide bonds. The Labute approximate surface area is 251 Å². The number of anilines is 3. The predicted molar refractivity (Wildman–Crippen MR) is 168 cm³/mol. The van der Waals surface area contributed by atoms with Crippen LogP contribution < -0.4 is 15.8 Å². The van der Waals surface area contributed by atoms with Crippen molar-refractivity contribution in [3.05, 3.63) is 64.7 Å². The van der Waals surface area contributed by atoms with Crippen LogP contribution in [-0.2, 0) is 12.1 Å². The van der Waals surface area contributed by atoms with Gasteiger partial charge in [0.05, 0.1) is 5.69 Å². The second kappa shape index (κ2) is 12.9. The zero-order valence-electron chi connectivity index (χ0n) is 25.0. The van der Waals surface area contributed by atoms with Gasteiger partial charge in [0.25, 0.3) is 5.56 Å². The summed E-state index contributed by atoms with van der Waals surface area (Å²) in [7, 11) is 0. The van der Waals surface area contributed by atoms with Crippen molar-refractivity contribution in [2.45, 2.75) is 45.8 Å². The first-order valence-electron chi connectivity index (χ1n) is 14.7. The summed E-state index contributed by atoms with van der Waals surface area (Å²) >= 11 is 0. The first-order valence-corrected chi connectivity index (χ1v) is 14.7. The van der Waals surface area contributed by atoms with Crippen LogP contribution >= 0.6 is 0 Å². The highest BCUT2D eigenvalue weighted by Crippen LogP contribution is 2.25. The van der Waals surface area contributed by atoms with E-state index in [0.29, 0.717) is 41.0 Å². The van der Waals surface area contributed by atoms with Gasteiger partial charge >= 0.3 is 0 Å². The molecule has 1 saturated heterocycles. The lowest BCUT2D eigenvalue weighted by molar-refractivity contribution is 0.0738. The van der Waals surface area contributed by atoms with Crippen molar-refractivity contribution in [3.8, 4) is 18.2 Å². The van der Waals surface area contributed by atoms with Crippen LogP contribution in [0.4, 0.5) is 21.7 Å². The lowest BCUT2D eigenvalue weighted by atomic mass is 9.97. The zero-order chi connectivity index (χ0) is 30.6. The number of aliphatic hydroxyl groups is 1. The molecule has 0 bridgehead atoms. The minimum Gasteiger partial charge on any atom is -0.384 e. The molecule has 1 aliphatic rings. The first-order chi connectivity index (χ1) is 20.7. The number of piperidine rings is 1. The normalized spacial score (nSPS) is 15.9. The largest absolute Gasteiger partial charge is 0.384 e. The van der Waals surface area contributed by atoms with Gasteiger partial charge < -0.3 is 20.2 Å². The van der Waals surface area contributed by atoms with Gasteiger partial charge in [-0.25, -0.2) is 23.7 Å². The molecule has 1 fully saturated rings. The van der Waals surface area contributed by atoms with Gasteiger partial charge in [-0.2, -0.15) is 4.98 Å². The van der Waals surface area contributed by atoms with E-state index in [2.05, 4.69) is 55.0 Å². The maximum Gasteiger partial charge on any atom is 0.279 e. The van der Waals surface area contributed by atoms with Crippen molar-refractivity contribution in [1.82, 2.24) is 29.2 Å². The third-order valence-corrected chi connectivity index (χ3v) is 7.85. The van der Waals surface area contributed by atoms with Crippen molar-refractivity contribution in [2.75, 3.05) is 49.6 Å². The number of likely N-dealkylation sites (tertiary alicyclic amines) is 1. The summed E-state index contributed by atoms with van der Waals surface area (Å²) < 4.78 is 15.8. The van der Waals surface area contributed by atoms with E-state index in [-0.39, 0.29) is 18.8 Å². The minimum atomic E-state index is -1.18. The Morgan fingerprint density at radius 1 is 1.21 bits per heavy atom. The zero-order valence-corrected chi connectivity index (χ0v) is 25.0. The van der Waals surface area contributed by atoms with Crippen molar-refractivity contribution in [3.63, 3.8) is 0 Å². The average molecular weight is 587 g/mol. The third kappa shape index (κ3) is 6.71. The SMILES string of the molecule is C#CCn1c(=O)c2cnc(Nc3ccc(N(CC)CC4CCCN(CCF)C4)cc3)nc2n1-c1cccc(C(C)(C)O)n1. The molecule has 0 saturated carbocycles. The molecule has 4 heterocycles. The number of fused-ring (bicyclic) bond motifs is 1. The van der Waals surface area contributed by atoms with Crippen LogP contribution in [0, 0.1) is 18.3 Å². The number of benzene rings is 1. The Morgan fingerprint density at radius 2 is 2.00 bits per heavy atom. The van der Waals surface area contributed by atoms with E-state index in [1.807, 2.05) is 12.1 Å². The van der Waals surface area contributed by atoms with Gasteiger partial charge in [-0.05, 0) is 82.5 Å². The number of pyridine rings is 1. The molecular weight excluding hydrogens is 547 g/mol. The number of aromatic nitrogens is 5. The monoisotopic (exact) mass is 586 g/mol. The predicted octanol–water partition coefficient (Wildman–Crippen LogP) is 4.09. The first kappa shape index (κ1) is 30.2. The third-order valence-electron chi connectivity index (χ3n) is 7.85. The molecule has 226 valence electrons. The number of hydrogen-bond acceptors (Lipinski definition) is 8. The molecule has 1 aliphatic heterocycles. The quantitative estimate of drug-likeness (QED) is 0.254. The standard InChI is InChI=1S/C32H39FN8O2/c1-5-17-40-30(42)26-20-34-31(37-29(26)41(40)28-11-7-10-27(36-28)32(3,4)43)35-24-12-14-25(15-13-24)39(6-2)22-23-9-8-18-38(21-23)19-16-33/h1,7,10-15,20,23,43H,6,8-9,16-19,21-22H2,2-4H3,(H,34,35,37). The molecule has 0 aliphatic carbocycles. The Bertz CT molecular complexity index is 1650. The molecule has 4 aromatic rings. The van der Waals surface area contributed by atoms with Crippen molar-refractivity contribution in [2.24, 2.45) is 5.92 Å². The maximum absolute atomic E-state index is 13.2. The topological polar surface area (TPSA) is 104 Å². The van der Waals surface area contributed by atoms with Crippen LogP contribution in [-0.4, -0.2) is 73.7 Å². The molecule has 11 heteroatoms. The number of nitrogens with zero attached hydrogens (tertiary/aromatic N) is 7. The Kier molecular flexibility index (Phi) is 9.08. The lowest BCUT2D eigenvalue weighted by Crippen LogP contribution is -2.41. The van der Waals surface area contributed by atoms with Crippen molar-refractivity contribution < 1.29 is 9.50 Å². The number of halogens is 1. The van der Waals surface area contributed by atoms with Crippen LogP contribution in [0.5, 0.6) is 0 Å². The van der Waals surface area contributed by atoms with E-state index in [1.54, 1.807) is 36.7 Å². The molecule has 1 unspecified atom stereocenters. The van der Waals surface area contributed by atoms with E-state index >= 15 is 0 Å². The molecule has 0 spiro atoms. The lowest BCUT2D eigenvalue weighted by Gasteiger charge is -2.35. The number of terminal acetylenes is 1. The van der Waals surface area contributed by atoms with Crippen LogP contribution in [0.1, 0.15) is 39.3 Å². The second-order valence-corrected chi connectivity index (χ2v) is 11.5. The summed E-state index contributed by atoms with van der Waals surface area (Å²) in [6.45, 7) is 9.40. The Balaban J connectivity index is 1.39. The van der Waals surface area contributed by atoms with Gasteiger partial charge in [-0.1, -0.05) is 12.0 Å².